The van der Waals surface area contributed by atoms with Gasteiger partial charge in [-0.15, -0.1) is 16.4 Å². The van der Waals surface area contributed by atoms with Crippen LogP contribution < -0.4 is 9.46 Å². The van der Waals surface area contributed by atoms with Crippen LogP contribution in [0.5, 0.6) is 5.75 Å². The van der Waals surface area contributed by atoms with E-state index in [0.29, 0.717) is 28.5 Å². The zero-order valence-electron chi connectivity index (χ0n) is 16.3. The number of methoxy groups -OCH3 is 1. The molecule has 0 aliphatic carbocycles. The molecule has 0 saturated carbocycles. The van der Waals surface area contributed by atoms with Crippen LogP contribution in [0.3, 0.4) is 0 Å². The number of nitrogens with zero attached hydrogens (tertiary/aromatic N) is 3. The SMILES string of the molecule is COc1ccc(S(=O)(=O)NCCc2csc3nc(-c4ccc(F)cc4)nn23)cc1C. The summed E-state index contributed by atoms with van der Waals surface area (Å²) in [5.74, 6) is 0.815. The molecule has 0 radical (unpaired) electrons. The van der Waals surface area contributed by atoms with Crippen LogP contribution in [0.1, 0.15) is 11.3 Å². The second-order valence-corrected chi connectivity index (χ2v) is 9.25. The number of sulfonamides is 1. The fraction of sp³-hybridized carbons (Fsp3) is 0.200. The van der Waals surface area contributed by atoms with Gasteiger partial charge in [-0.2, -0.15) is 4.98 Å². The molecule has 0 aliphatic rings. The van der Waals surface area contributed by atoms with Crippen molar-refractivity contribution in [2.75, 3.05) is 13.7 Å². The van der Waals surface area contributed by atoms with Crippen LogP contribution in [0.2, 0.25) is 0 Å². The molecule has 2 aromatic carbocycles. The lowest BCUT2D eigenvalue weighted by Gasteiger charge is -2.09. The van der Waals surface area contributed by atoms with E-state index in [0.717, 1.165) is 11.3 Å². The topological polar surface area (TPSA) is 85.6 Å². The molecule has 0 unspecified atom stereocenters. The number of rotatable bonds is 7. The summed E-state index contributed by atoms with van der Waals surface area (Å²) in [5.41, 5.74) is 2.30. The second-order valence-electron chi connectivity index (χ2n) is 6.64. The highest BCUT2D eigenvalue weighted by molar-refractivity contribution is 7.89. The van der Waals surface area contributed by atoms with Gasteiger partial charge < -0.3 is 4.74 Å². The highest BCUT2D eigenvalue weighted by Gasteiger charge is 2.16. The molecule has 2 heterocycles. The molecule has 4 rings (SSSR count). The average molecular weight is 447 g/mol. The summed E-state index contributed by atoms with van der Waals surface area (Å²) < 4.78 is 47.8. The number of hydrogen-bond donors (Lipinski definition) is 1. The number of halogens is 1. The minimum absolute atomic E-state index is 0.190. The van der Waals surface area contributed by atoms with Crippen molar-refractivity contribution in [3.63, 3.8) is 0 Å². The molecule has 0 aliphatic heterocycles. The molecule has 10 heteroatoms. The van der Waals surface area contributed by atoms with Gasteiger partial charge in [-0.05, 0) is 55.0 Å². The molecule has 0 saturated heterocycles. The van der Waals surface area contributed by atoms with Crippen molar-refractivity contribution in [3.05, 3.63) is 64.9 Å². The Hall–Kier alpha value is -2.82. The molecular weight excluding hydrogens is 427 g/mol. The van der Waals surface area contributed by atoms with Crippen LogP contribution in [0.25, 0.3) is 16.3 Å². The first-order valence-corrected chi connectivity index (χ1v) is 11.5. The van der Waals surface area contributed by atoms with Crippen LogP contribution in [0.4, 0.5) is 4.39 Å². The van der Waals surface area contributed by atoms with Crippen molar-refractivity contribution in [2.24, 2.45) is 0 Å². The number of benzene rings is 2. The molecule has 7 nitrogen and oxygen atoms in total. The van der Waals surface area contributed by atoms with E-state index in [2.05, 4.69) is 14.8 Å². The third-order valence-electron chi connectivity index (χ3n) is 4.60. The Bertz CT molecular complexity index is 1300. The average Bonchev–Trinajstić information content (AvgIpc) is 3.30. The van der Waals surface area contributed by atoms with Gasteiger partial charge in [-0.3, -0.25) is 0 Å². The van der Waals surface area contributed by atoms with E-state index < -0.39 is 10.0 Å². The monoisotopic (exact) mass is 446 g/mol. The maximum Gasteiger partial charge on any atom is 0.240 e. The predicted molar refractivity (Wildman–Crippen MR) is 113 cm³/mol. The molecular formula is C20H19FN4O3S2. The Morgan fingerprint density at radius 3 is 2.67 bits per heavy atom. The lowest BCUT2D eigenvalue weighted by atomic mass is 10.2. The summed E-state index contributed by atoms with van der Waals surface area (Å²) in [6, 6.07) is 10.7. The van der Waals surface area contributed by atoms with Crippen molar-refractivity contribution in [2.45, 2.75) is 18.2 Å². The molecule has 156 valence electrons. The molecule has 0 atom stereocenters. The Balaban J connectivity index is 1.47. The fourth-order valence-corrected chi connectivity index (χ4v) is 5.01. The largest absolute Gasteiger partial charge is 0.496 e. The number of nitrogens with one attached hydrogen (secondary N) is 1. The fourth-order valence-electron chi connectivity index (χ4n) is 3.03. The Morgan fingerprint density at radius 1 is 1.20 bits per heavy atom. The van der Waals surface area contributed by atoms with Crippen LogP contribution in [0, 0.1) is 12.7 Å². The molecule has 0 bridgehead atoms. The lowest BCUT2D eigenvalue weighted by Crippen LogP contribution is -2.26. The molecule has 0 amide bonds. The van der Waals surface area contributed by atoms with Gasteiger partial charge in [0.25, 0.3) is 0 Å². The highest BCUT2D eigenvalue weighted by atomic mass is 32.2. The maximum atomic E-state index is 13.1. The molecule has 30 heavy (non-hydrogen) atoms. The van der Waals surface area contributed by atoms with E-state index in [1.807, 2.05) is 5.38 Å². The van der Waals surface area contributed by atoms with Crippen molar-refractivity contribution < 1.29 is 17.5 Å². The number of aromatic nitrogens is 3. The van der Waals surface area contributed by atoms with E-state index in [1.54, 1.807) is 42.8 Å². The second kappa shape index (κ2) is 8.13. The van der Waals surface area contributed by atoms with Gasteiger partial charge in [0.15, 0.2) is 5.82 Å². The normalized spacial score (nSPS) is 11.8. The highest BCUT2D eigenvalue weighted by Crippen LogP contribution is 2.23. The van der Waals surface area contributed by atoms with Gasteiger partial charge >= 0.3 is 0 Å². The molecule has 0 fully saturated rings. The van der Waals surface area contributed by atoms with E-state index in [9.17, 15) is 12.8 Å². The quantitative estimate of drug-likeness (QED) is 0.470. The van der Waals surface area contributed by atoms with E-state index in [1.165, 1.54) is 29.5 Å². The van der Waals surface area contributed by atoms with Gasteiger partial charge in [-0.25, -0.2) is 22.0 Å². The van der Waals surface area contributed by atoms with Crippen LogP contribution in [-0.4, -0.2) is 36.7 Å². The number of ether oxygens (including phenoxy) is 1. The van der Waals surface area contributed by atoms with Crippen molar-refractivity contribution in [1.82, 2.24) is 19.3 Å². The first-order valence-electron chi connectivity index (χ1n) is 9.11. The first-order chi connectivity index (χ1) is 14.4. The van der Waals surface area contributed by atoms with Gasteiger partial charge in [-0.1, -0.05) is 0 Å². The van der Waals surface area contributed by atoms with Gasteiger partial charge in [0.2, 0.25) is 15.0 Å². The third-order valence-corrected chi connectivity index (χ3v) is 6.93. The Kier molecular flexibility index (Phi) is 5.54. The lowest BCUT2D eigenvalue weighted by molar-refractivity contribution is 0.411. The zero-order chi connectivity index (χ0) is 21.3. The van der Waals surface area contributed by atoms with Gasteiger partial charge in [0, 0.05) is 23.9 Å². The maximum absolute atomic E-state index is 13.1. The van der Waals surface area contributed by atoms with Crippen LogP contribution in [0.15, 0.2) is 52.7 Å². The summed E-state index contributed by atoms with van der Waals surface area (Å²) in [6.07, 6.45) is 0.445. The zero-order valence-corrected chi connectivity index (χ0v) is 17.9. The van der Waals surface area contributed by atoms with E-state index >= 15 is 0 Å². The van der Waals surface area contributed by atoms with Crippen LogP contribution in [-0.2, 0) is 16.4 Å². The van der Waals surface area contributed by atoms with Crippen LogP contribution >= 0.6 is 11.3 Å². The van der Waals surface area contributed by atoms with Crippen molar-refractivity contribution in [1.29, 1.82) is 0 Å². The van der Waals surface area contributed by atoms with E-state index in [-0.39, 0.29) is 17.3 Å². The van der Waals surface area contributed by atoms with E-state index in [4.69, 9.17) is 4.74 Å². The number of fused-ring (bicyclic) bond motifs is 1. The van der Waals surface area contributed by atoms with Gasteiger partial charge in [0.1, 0.15) is 11.6 Å². The summed E-state index contributed by atoms with van der Waals surface area (Å²) in [5, 5.41) is 6.38. The minimum atomic E-state index is -3.64. The van der Waals surface area contributed by atoms with Crippen molar-refractivity contribution in [3.8, 4) is 17.1 Å². The number of aryl methyl sites for hydroxylation is 1. The summed E-state index contributed by atoms with van der Waals surface area (Å²) in [6.45, 7) is 2.01. The Morgan fingerprint density at radius 2 is 1.97 bits per heavy atom. The third kappa shape index (κ3) is 4.07. The summed E-state index contributed by atoms with van der Waals surface area (Å²) >= 11 is 1.42. The smallest absolute Gasteiger partial charge is 0.240 e. The first kappa shape index (κ1) is 20.5. The van der Waals surface area contributed by atoms with Crippen molar-refractivity contribution >= 4 is 26.3 Å². The predicted octanol–water partition coefficient (Wildman–Crippen LogP) is 3.43. The summed E-state index contributed by atoms with van der Waals surface area (Å²) in [7, 11) is -2.10. The summed E-state index contributed by atoms with van der Waals surface area (Å²) in [4.78, 5) is 5.34. The van der Waals surface area contributed by atoms with Gasteiger partial charge in [0.05, 0.1) is 17.7 Å². The number of thiazole rings is 1. The minimum Gasteiger partial charge on any atom is -0.496 e. The Labute approximate surface area is 177 Å². The molecule has 2 aromatic heterocycles. The number of hydrogen-bond acceptors (Lipinski definition) is 6. The molecule has 1 N–H and O–H groups in total. The standard InChI is InChI=1S/C20H19FN4O3S2/c1-13-11-17(7-8-18(13)28-2)30(26,27)22-10-9-16-12-29-20-23-19(24-25(16)20)14-3-5-15(21)6-4-14/h3-8,11-12,22H,9-10H2,1-2H3. The molecule has 0 spiro atoms. The molecule has 4 aromatic rings.